The highest BCUT2D eigenvalue weighted by atomic mass is 16.3. The summed E-state index contributed by atoms with van der Waals surface area (Å²) in [5.41, 5.74) is 11.4. The number of fused-ring (bicyclic) bond motifs is 10. The van der Waals surface area contributed by atoms with Crippen LogP contribution >= 0.6 is 0 Å². The fourth-order valence-electron chi connectivity index (χ4n) is 9.74. The number of nitrogens with zero attached hydrogens (tertiary/aromatic N) is 2. The molecule has 0 radical (unpaired) electrons. The minimum absolute atomic E-state index is 0.651. The fraction of sp³-hybridized carbons (Fsp3) is 0. The average Bonchev–Trinajstić information content (AvgIpc) is 3.74. The normalized spacial score (nSPS) is 11.8. The summed E-state index contributed by atoms with van der Waals surface area (Å²) in [5.74, 6) is 0. The number of para-hydroxylation sites is 1. The molecule has 3 nitrogen and oxygen atoms in total. The van der Waals surface area contributed by atoms with Gasteiger partial charge in [0.1, 0.15) is 5.58 Å². The maximum Gasteiger partial charge on any atom is 0.227 e. The lowest BCUT2D eigenvalue weighted by atomic mass is 9.96. The third-order valence-electron chi connectivity index (χ3n) is 13.0. The third-order valence-corrected chi connectivity index (χ3v) is 13.0. The number of hydrogen-bond acceptors (Lipinski definition) is 3. The molecule has 0 N–H and O–H groups in total. The van der Waals surface area contributed by atoms with E-state index >= 15 is 0 Å². The monoisotopic (exact) mass is 814 g/mol. The van der Waals surface area contributed by atoms with Gasteiger partial charge in [-0.25, -0.2) is 4.98 Å². The van der Waals surface area contributed by atoms with E-state index in [2.05, 4.69) is 217 Å². The molecular formula is C61H38N2O. The minimum Gasteiger partial charge on any atom is -0.438 e. The van der Waals surface area contributed by atoms with Crippen molar-refractivity contribution in [3.8, 4) is 33.5 Å². The molecule has 298 valence electrons. The van der Waals surface area contributed by atoms with Crippen molar-refractivity contribution in [2.24, 2.45) is 0 Å². The SMILES string of the molecule is c1ccc2cc(-c3ccc4c(ccc5cc(N(c6ccc(-c7ccc8c(ccc9ccccc98)c7)cc6)c6ccc(-c7ccc8c(n7)oc7ccccc78)cc6)ccc54)c3)ccc2c1. The molecule has 2 aromatic heterocycles. The van der Waals surface area contributed by atoms with Crippen LogP contribution in [-0.4, -0.2) is 4.98 Å². The van der Waals surface area contributed by atoms with Crippen molar-refractivity contribution in [2.45, 2.75) is 0 Å². The first-order valence-electron chi connectivity index (χ1n) is 21.8. The molecular weight excluding hydrogens is 777 g/mol. The van der Waals surface area contributed by atoms with Crippen LogP contribution in [0.2, 0.25) is 0 Å². The van der Waals surface area contributed by atoms with Gasteiger partial charge in [-0.3, -0.25) is 0 Å². The van der Waals surface area contributed by atoms with Gasteiger partial charge in [-0.2, -0.15) is 0 Å². The Morgan fingerprint density at radius 1 is 0.281 bits per heavy atom. The van der Waals surface area contributed by atoms with E-state index in [1.807, 2.05) is 18.2 Å². The summed E-state index contributed by atoms with van der Waals surface area (Å²) in [6.45, 7) is 0. The highest BCUT2D eigenvalue weighted by Gasteiger charge is 2.16. The topological polar surface area (TPSA) is 29.3 Å². The predicted octanol–water partition coefficient (Wildman–Crippen LogP) is 17.2. The first-order chi connectivity index (χ1) is 31.7. The maximum atomic E-state index is 6.15. The Balaban J connectivity index is 0.883. The zero-order valence-electron chi connectivity index (χ0n) is 34.7. The molecule has 3 heteroatoms. The first-order valence-corrected chi connectivity index (χ1v) is 21.8. The van der Waals surface area contributed by atoms with Crippen LogP contribution in [0.1, 0.15) is 0 Å². The summed E-state index contributed by atoms with van der Waals surface area (Å²) in [7, 11) is 0. The Labute approximate surface area is 369 Å². The van der Waals surface area contributed by atoms with Gasteiger partial charge in [0, 0.05) is 33.4 Å². The van der Waals surface area contributed by atoms with Crippen molar-refractivity contribution in [3.63, 3.8) is 0 Å². The molecule has 0 spiro atoms. The zero-order chi connectivity index (χ0) is 42.1. The van der Waals surface area contributed by atoms with Crippen molar-refractivity contribution in [2.75, 3.05) is 4.90 Å². The van der Waals surface area contributed by atoms with Crippen molar-refractivity contribution < 1.29 is 4.42 Å². The lowest BCUT2D eigenvalue weighted by Gasteiger charge is -2.26. The molecule has 13 rings (SSSR count). The molecule has 11 aromatic carbocycles. The lowest BCUT2D eigenvalue weighted by Crippen LogP contribution is -2.10. The van der Waals surface area contributed by atoms with Gasteiger partial charge in [0.25, 0.3) is 0 Å². The quantitative estimate of drug-likeness (QED) is 0.157. The van der Waals surface area contributed by atoms with Crippen LogP contribution in [0, 0.1) is 0 Å². The van der Waals surface area contributed by atoms with Crippen molar-refractivity contribution in [1.82, 2.24) is 4.98 Å². The number of pyridine rings is 1. The van der Waals surface area contributed by atoms with Crippen LogP contribution in [0.5, 0.6) is 0 Å². The molecule has 0 aliphatic heterocycles. The van der Waals surface area contributed by atoms with Gasteiger partial charge in [-0.05, 0) is 149 Å². The molecule has 0 fully saturated rings. The van der Waals surface area contributed by atoms with E-state index in [0.717, 1.165) is 44.7 Å². The number of anilines is 3. The van der Waals surface area contributed by atoms with Crippen LogP contribution in [0.25, 0.3) is 109 Å². The Morgan fingerprint density at radius 3 is 1.45 bits per heavy atom. The van der Waals surface area contributed by atoms with Crippen LogP contribution in [-0.2, 0) is 0 Å². The van der Waals surface area contributed by atoms with Gasteiger partial charge in [-0.15, -0.1) is 0 Å². The molecule has 0 saturated carbocycles. The minimum atomic E-state index is 0.651. The van der Waals surface area contributed by atoms with E-state index < -0.39 is 0 Å². The second kappa shape index (κ2) is 14.5. The fourth-order valence-corrected chi connectivity index (χ4v) is 9.74. The molecule has 0 aliphatic carbocycles. The molecule has 0 aliphatic rings. The maximum absolute atomic E-state index is 6.15. The summed E-state index contributed by atoms with van der Waals surface area (Å²) in [5, 5.41) is 14.6. The second-order valence-corrected chi connectivity index (χ2v) is 16.8. The molecule has 0 unspecified atom stereocenters. The van der Waals surface area contributed by atoms with E-state index in [0.29, 0.717) is 5.71 Å². The Hall–Kier alpha value is -8.53. The van der Waals surface area contributed by atoms with E-state index in [1.54, 1.807) is 0 Å². The largest absolute Gasteiger partial charge is 0.438 e. The van der Waals surface area contributed by atoms with Crippen LogP contribution in [0.15, 0.2) is 235 Å². The molecule has 64 heavy (non-hydrogen) atoms. The molecule has 0 atom stereocenters. The molecule has 2 heterocycles. The summed E-state index contributed by atoms with van der Waals surface area (Å²) in [6.07, 6.45) is 0. The van der Waals surface area contributed by atoms with Gasteiger partial charge in [0.05, 0.1) is 5.69 Å². The van der Waals surface area contributed by atoms with E-state index in [-0.39, 0.29) is 0 Å². The Morgan fingerprint density at radius 2 is 0.734 bits per heavy atom. The van der Waals surface area contributed by atoms with Crippen LogP contribution in [0.3, 0.4) is 0 Å². The summed E-state index contributed by atoms with van der Waals surface area (Å²) in [4.78, 5) is 7.31. The molecule has 13 aromatic rings. The number of furan rings is 1. The second-order valence-electron chi connectivity index (χ2n) is 16.8. The van der Waals surface area contributed by atoms with Gasteiger partial charge in [-0.1, -0.05) is 158 Å². The number of rotatable bonds is 6. The number of aromatic nitrogens is 1. The van der Waals surface area contributed by atoms with E-state index in [9.17, 15) is 0 Å². The van der Waals surface area contributed by atoms with Gasteiger partial charge >= 0.3 is 0 Å². The summed E-state index contributed by atoms with van der Waals surface area (Å²) in [6, 6.07) is 83.4. The van der Waals surface area contributed by atoms with E-state index in [1.165, 1.54) is 76.1 Å². The molecule has 0 amide bonds. The average molecular weight is 815 g/mol. The van der Waals surface area contributed by atoms with Gasteiger partial charge in [0.15, 0.2) is 0 Å². The smallest absolute Gasteiger partial charge is 0.227 e. The summed E-state index contributed by atoms with van der Waals surface area (Å²) >= 11 is 0. The Kier molecular flexibility index (Phi) is 8.22. The van der Waals surface area contributed by atoms with Gasteiger partial charge in [0.2, 0.25) is 5.71 Å². The van der Waals surface area contributed by atoms with E-state index in [4.69, 9.17) is 9.40 Å². The molecule has 0 saturated heterocycles. The lowest BCUT2D eigenvalue weighted by molar-refractivity contribution is 0.654. The van der Waals surface area contributed by atoms with Crippen molar-refractivity contribution in [1.29, 1.82) is 0 Å². The van der Waals surface area contributed by atoms with Crippen molar-refractivity contribution in [3.05, 3.63) is 231 Å². The highest BCUT2D eigenvalue weighted by Crippen LogP contribution is 2.41. The van der Waals surface area contributed by atoms with Crippen molar-refractivity contribution >= 4 is 93.0 Å². The Bertz CT molecular complexity index is 3960. The predicted molar refractivity (Wildman–Crippen MR) is 270 cm³/mol. The van der Waals surface area contributed by atoms with Gasteiger partial charge < -0.3 is 9.32 Å². The number of benzene rings is 11. The van der Waals surface area contributed by atoms with Crippen LogP contribution < -0.4 is 4.90 Å². The number of hydrogen-bond donors (Lipinski definition) is 0. The van der Waals surface area contributed by atoms with Crippen LogP contribution in [0.4, 0.5) is 17.1 Å². The zero-order valence-corrected chi connectivity index (χ0v) is 34.7. The third kappa shape index (κ3) is 6.09. The summed E-state index contributed by atoms with van der Waals surface area (Å²) < 4.78 is 6.15. The molecule has 0 bridgehead atoms. The standard InChI is InChI=1S/C61H38N2O/c1-2-9-43-35-45(15-13-39(43)7-1)46-24-31-55-48(37-46)17-18-49-38-52(29-32-56(49)55)63(51-27-21-42(22-28-51)59-34-33-58-57-11-5-6-12-60(57)64-61(58)62-59)50-25-19-40(20-26-50)44-23-30-54-47(36-44)16-14-41-8-3-4-10-53(41)54/h1-38H. The first kappa shape index (κ1) is 36.2. The highest BCUT2D eigenvalue weighted by molar-refractivity contribution is 6.11.